The summed E-state index contributed by atoms with van der Waals surface area (Å²) >= 11 is 6.14. The van der Waals surface area contributed by atoms with E-state index in [1.807, 2.05) is 0 Å². The number of benzene rings is 1. The molecule has 1 atom stereocenters. The van der Waals surface area contributed by atoms with Crippen molar-refractivity contribution >= 4 is 33.4 Å². The Hall–Kier alpha value is -2.10. The number of aryl methyl sites for hydroxylation is 2. The van der Waals surface area contributed by atoms with Crippen molar-refractivity contribution in [3.05, 3.63) is 40.7 Å². The third kappa shape index (κ3) is 5.11. The first-order valence-electron chi connectivity index (χ1n) is 11.4. The highest BCUT2D eigenvalue weighted by molar-refractivity contribution is 7.89. The lowest BCUT2D eigenvalue weighted by molar-refractivity contribution is -0.130. The zero-order valence-electron chi connectivity index (χ0n) is 20.9. The third-order valence-electron chi connectivity index (χ3n) is 7.12. The van der Waals surface area contributed by atoms with Crippen LogP contribution in [0, 0.1) is 13.8 Å². The van der Waals surface area contributed by atoms with E-state index in [9.17, 15) is 18.0 Å². The number of amides is 2. The maximum atomic E-state index is 13.5. The maximum Gasteiger partial charge on any atom is 0.264 e. The Morgan fingerprint density at radius 3 is 2.32 bits per heavy atom. The zero-order chi connectivity index (χ0) is 25.6. The molecule has 3 rings (SSSR count). The van der Waals surface area contributed by atoms with Gasteiger partial charge in [-0.25, -0.2) is 8.42 Å². The van der Waals surface area contributed by atoms with E-state index in [4.69, 9.17) is 11.6 Å². The summed E-state index contributed by atoms with van der Waals surface area (Å²) in [7, 11) is -2.01. The second-order valence-electron chi connectivity index (χ2n) is 10.6. The van der Waals surface area contributed by atoms with Crippen molar-refractivity contribution in [2.24, 2.45) is 0 Å². The fourth-order valence-electron chi connectivity index (χ4n) is 5.02. The minimum absolute atomic E-state index is 0.0537. The molecule has 34 heavy (non-hydrogen) atoms. The Bertz CT molecular complexity index is 1110. The Balaban J connectivity index is 1.83. The molecular weight excluding hydrogens is 476 g/mol. The summed E-state index contributed by atoms with van der Waals surface area (Å²) in [6.07, 6.45) is 3.78. The van der Waals surface area contributed by atoms with Crippen LogP contribution < -0.4 is 10.6 Å². The average Bonchev–Trinajstić information content (AvgIpc) is 2.69. The molecule has 1 saturated heterocycles. The van der Waals surface area contributed by atoms with Gasteiger partial charge in [-0.2, -0.15) is 0 Å². The molecule has 188 valence electrons. The number of halogens is 1. The van der Waals surface area contributed by atoms with E-state index in [0.717, 1.165) is 17.1 Å². The van der Waals surface area contributed by atoms with Crippen molar-refractivity contribution in [3.8, 4) is 0 Å². The predicted octanol–water partition coefficient (Wildman–Crippen LogP) is 3.07. The first-order valence-corrected chi connectivity index (χ1v) is 13.2. The standard InChI is InChI=1S/C24H35ClN4O4S/c1-15-11-20(16(2)10-18(15)25)34(32,33)29-9-8-26-22(31)19(29)12-21(30)27-17-13-23(3,4)28(7)24(5,6)14-17/h8-11,17,19H,12-14H2,1-7H3,(H,26,31)(H,27,30)/t19-/m1/s1. The van der Waals surface area contributed by atoms with E-state index in [1.165, 1.54) is 18.5 Å². The number of hydrogen-bond acceptors (Lipinski definition) is 5. The Morgan fingerprint density at radius 2 is 1.74 bits per heavy atom. The van der Waals surface area contributed by atoms with E-state index in [1.54, 1.807) is 19.9 Å². The van der Waals surface area contributed by atoms with Crippen LogP contribution in [0.5, 0.6) is 0 Å². The minimum Gasteiger partial charge on any atom is -0.353 e. The average molecular weight is 511 g/mol. The third-order valence-corrected chi connectivity index (χ3v) is 9.45. The second-order valence-corrected chi connectivity index (χ2v) is 12.8. The summed E-state index contributed by atoms with van der Waals surface area (Å²) in [6.45, 7) is 11.9. The molecule has 2 heterocycles. The Kier molecular flexibility index (Phi) is 7.14. The van der Waals surface area contributed by atoms with Crippen LogP contribution in [-0.4, -0.2) is 59.6 Å². The molecule has 0 radical (unpaired) electrons. The number of piperidine rings is 1. The van der Waals surface area contributed by atoms with E-state index in [2.05, 4.69) is 50.3 Å². The van der Waals surface area contributed by atoms with Crippen LogP contribution in [0.2, 0.25) is 5.02 Å². The number of carbonyl (C=O) groups is 2. The number of nitrogens with zero attached hydrogens (tertiary/aromatic N) is 2. The summed E-state index contributed by atoms with van der Waals surface area (Å²) in [5.74, 6) is -0.908. The molecule has 0 aromatic heterocycles. The van der Waals surface area contributed by atoms with Gasteiger partial charge in [0.2, 0.25) is 11.8 Å². The summed E-state index contributed by atoms with van der Waals surface area (Å²) < 4.78 is 28.0. The van der Waals surface area contributed by atoms with E-state index in [-0.39, 0.29) is 34.3 Å². The van der Waals surface area contributed by atoms with E-state index < -0.39 is 22.0 Å². The molecule has 0 unspecified atom stereocenters. The van der Waals surface area contributed by atoms with Gasteiger partial charge < -0.3 is 10.6 Å². The van der Waals surface area contributed by atoms with E-state index >= 15 is 0 Å². The molecule has 2 N–H and O–H groups in total. The molecule has 1 aromatic carbocycles. The molecule has 8 nitrogen and oxygen atoms in total. The Morgan fingerprint density at radius 1 is 1.15 bits per heavy atom. The predicted molar refractivity (Wildman–Crippen MR) is 133 cm³/mol. The highest BCUT2D eigenvalue weighted by Gasteiger charge is 2.44. The smallest absolute Gasteiger partial charge is 0.264 e. The number of rotatable bonds is 5. The molecular formula is C24H35ClN4O4S. The molecule has 10 heteroatoms. The number of nitrogens with one attached hydrogen (secondary N) is 2. The van der Waals surface area contributed by atoms with Crippen LogP contribution in [0.4, 0.5) is 0 Å². The fraction of sp³-hybridized carbons (Fsp3) is 0.583. The minimum atomic E-state index is -4.10. The maximum absolute atomic E-state index is 13.5. The molecule has 2 amide bonds. The van der Waals surface area contributed by atoms with E-state index in [0.29, 0.717) is 16.1 Å². The summed E-state index contributed by atoms with van der Waals surface area (Å²) in [5.41, 5.74) is 0.834. The van der Waals surface area contributed by atoms with Gasteiger partial charge in [0.25, 0.3) is 10.0 Å². The number of carbonyl (C=O) groups excluding carboxylic acids is 2. The molecule has 1 fully saturated rings. The second kappa shape index (κ2) is 9.17. The van der Waals surface area contributed by atoms with Crippen LogP contribution in [0.3, 0.4) is 0 Å². The van der Waals surface area contributed by atoms with Gasteiger partial charge in [0.05, 0.1) is 11.3 Å². The van der Waals surface area contributed by atoms with Crippen LogP contribution in [-0.2, 0) is 19.6 Å². The lowest BCUT2D eigenvalue weighted by Gasteiger charge is -2.53. The molecule has 1 aromatic rings. The van der Waals surface area contributed by atoms with Gasteiger partial charge in [0.15, 0.2) is 0 Å². The molecule has 2 aliphatic heterocycles. The lowest BCUT2D eigenvalue weighted by Crippen LogP contribution is -2.63. The van der Waals surface area contributed by atoms with Gasteiger partial charge >= 0.3 is 0 Å². The molecule has 0 spiro atoms. The van der Waals surface area contributed by atoms with Crippen molar-refractivity contribution in [1.82, 2.24) is 19.8 Å². The largest absolute Gasteiger partial charge is 0.353 e. The van der Waals surface area contributed by atoms with Crippen molar-refractivity contribution in [2.45, 2.75) is 88.9 Å². The summed E-state index contributed by atoms with van der Waals surface area (Å²) in [6, 6.07) is 1.80. The van der Waals surface area contributed by atoms with Crippen molar-refractivity contribution < 1.29 is 18.0 Å². The molecule has 0 bridgehead atoms. The van der Waals surface area contributed by atoms with Crippen LogP contribution >= 0.6 is 11.6 Å². The quantitative estimate of drug-likeness (QED) is 0.634. The normalized spacial score (nSPS) is 23.0. The number of hydrogen-bond donors (Lipinski definition) is 2. The van der Waals surface area contributed by atoms with Gasteiger partial charge in [0, 0.05) is 34.5 Å². The van der Waals surface area contributed by atoms with Crippen LogP contribution in [0.15, 0.2) is 29.4 Å². The van der Waals surface area contributed by atoms with Gasteiger partial charge in [-0.1, -0.05) is 11.6 Å². The van der Waals surface area contributed by atoms with Crippen molar-refractivity contribution in [1.29, 1.82) is 0 Å². The van der Waals surface area contributed by atoms with Gasteiger partial charge in [-0.15, -0.1) is 0 Å². The van der Waals surface area contributed by atoms with Gasteiger partial charge in [-0.05, 0) is 84.7 Å². The number of sulfonamides is 1. The number of likely N-dealkylation sites (tertiary alicyclic amines) is 1. The molecule has 2 aliphatic rings. The lowest BCUT2D eigenvalue weighted by atomic mass is 9.77. The van der Waals surface area contributed by atoms with Crippen LogP contribution in [0.25, 0.3) is 0 Å². The van der Waals surface area contributed by atoms with Crippen molar-refractivity contribution in [2.75, 3.05) is 7.05 Å². The monoisotopic (exact) mass is 510 g/mol. The fourth-order valence-corrected chi connectivity index (χ4v) is 6.98. The highest BCUT2D eigenvalue weighted by Crippen LogP contribution is 2.37. The molecule has 0 aliphatic carbocycles. The Labute approximate surface area is 207 Å². The van der Waals surface area contributed by atoms with Gasteiger partial charge in [-0.3, -0.25) is 18.8 Å². The highest BCUT2D eigenvalue weighted by atomic mass is 35.5. The summed E-state index contributed by atoms with van der Waals surface area (Å²) in [5, 5.41) is 6.04. The topological polar surface area (TPSA) is 98.8 Å². The SMILES string of the molecule is Cc1cc(S(=O)(=O)N2C=CNC(=O)[C@H]2CC(=O)NC2CC(C)(C)N(C)C(C)(C)C2)c(C)cc1Cl. The first-order chi connectivity index (χ1) is 15.6. The van der Waals surface area contributed by atoms with Crippen molar-refractivity contribution in [3.63, 3.8) is 0 Å². The summed E-state index contributed by atoms with van der Waals surface area (Å²) in [4.78, 5) is 28.1. The first kappa shape index (κ1) is 26.5. The van der Waals surface area contributed by atoms with Gasteiger partial charge in [0.1, 0.15) is 6.04 Å². The molecule has 0 saturated carbocycles. The van der Waals surface area contributed by atoms with Crippen LogP contribution in [0.1, 0.15) is 58.1 Å². The zero-order valence-corrected chi connectivity index (χ0v) is 22.5.